The van der Waals surface area contributed by atoms with Crippen LogP contribution >= 0.6 is 0 Å². The molecule has 0 spiro atoms. The summed E-state index contributed by atoms with van der Waals surface area (Å²) in [6.45, 7) is 1.88. The van der Waals surface area contributed by atoms with Crippen LogP contribution in [-0.4, -0.2) is 66.4 Å². The molecule has 2 aromatic rings. The predicted octanol–water partition coefficient (Wildman–Crippen LogP) is 2.61. The summed E-state index contributed by atoms with van der Waals surface area (Å²) in [7, 11) is 1.41. The first-order valence-electron chi connectivity index (χ1n) is 10.6. The molecule has 32 heavy (non-hydrogen) atoms. The predicted molar refractivity (Wildman–Crippen MR) is 116 cm³/mol. The lowest BCUT2D eigenvalue weighted by Crippen LogP contribution is -2.52. The Morgan fingerprint density at radius 2 is 1.72 bits per heavy atom. The topological polar surface area (TPSA) is 105 Å². The summed E-state index contributed by atoms with van der Waals surface area (Å²) in [5.41, 5.74) is 4.51. The molecule has 8 heteroatoms. The molecule has 4 rings (SSSR count). The summed E-state index contributed by atoms with van der Waals surface area (Å²) >= 11 is 0. The van der Waals surface area contributed by atoms with Crippen molar-refractivity contribution in [2.24, 2.45) is 0 Å². The Kier molecular flexibility index (Phi) is 6.14. The minimum Gasteiger partial charge on any atom is -0.480 e. The average Bonchev–Trinajstić information content (AvgIpc) is 3.38. The highest BCUT2D eigenvalue weighted by atomic mass is 16.6. The molecule has 1 aliphatic carbocycles. The zero-order valence-corrected chi connectivity index (χ0v) is 18.0. The first kappa shape index (κ1) is 21.8. The van der Waals surface area contributed by atoms with E-state index in [1.807, 2.05) is 36.4 Å². The van der Waals surface area contributed by atoms with Crippen LogP contribution in [0.2, 0.25) is 0 Å². The maximum Gasteiger partial charge on any atom is 0.407 e. The van der Waals surface area contributed by atoms with E-state index in [4.69, 9.17) is 14.6 Å². The summed E-state index contributed by atoms with van der Waals surface area (Å²) in [4.78, 5) is 37.5. The number of fused-ring (bicyclic) bond motifs is 3. The number of nitrogens with one attached hydrogen (secondary N) is 1. The Labute approximate surface area is 186 Å². The molecule has 1 heterocycles. The molecule has 1 unspecified atom stereocenters. The number of carbonyl (C=O) groups excluding carboxylic acids is 2. The van der Waals surface area contributed by atoms with Gasteiger partial charge in [0.25, 0.3) is 5.91 Å². The lowest BCUT2D eigenvalue weighted by molar-refractivity contribution is -0.152. The van der Waals surface area contributed by atoms with Crippen LogP contribution in [0.4, 0.5) is 4.79 Å². The normalized spacial score (nSPS) is 20.2. The molecule has 2 aliphatic rings. The van der Waals surface area contributed by atoms with E-state index in [1.54, 1.807) is 0 Å². The second kappa shape index (κ2) is 9.00. The Balaban J connectivity index is 1.39. The van der Waals surface area contributed by atoms with Crippen LogP contribution in [0.15, 0.2) is 48.5 Å². The average molecular weight is 438 g/mol. The van der Waals surface area contributed by atoms with Gasteiger partial charge in [-0.15, -0.1) is 0 Å². The number of amides is 2. The number of ether oxygens (including phenoxy) is 2. The van der Waals surface area contributed by atoms with Crippen LogP contribution in [0.25, 0.3) is 11.1 Å². The SMILES string of the molecule is CC(C(=O)O)N(C)C(=O)[C@@H]1OCC[C@@H]1NC(=O)OCC1c2ccccc2-c2ccccc21. The van der Waals surface area contributed by atoms with E-state index in [2.05, 4.69) is 17.4 Å². The molecule has 0 bridgehead atoms. The summed E-state index contributed by atoms with van der Waals surface area (Å²) in [6, 6.07) is 14.6. The number of alkyl carbamates (subject to hydrolysis) is 1. The van der Waals surface area contributed by atoms with Crippen molar-refractivity contribution >= 4 is 18.0 Å². The second-order valence-corrected chi connectivity index (χ2v) is 8.12. The fraction of sp³-hybridized carbons (Fsp3) is 0.375. The van der Waals surface area contributed by atoms with Gasteiger partial charge in [-0.1, -0.05) is 48.5 Å². The third kappa shape index (κ3) is 4.05. The molecular formula is C24H26N2O6. The van der Waals surface area contributed by atoms with Crippen molar-refractivity contribution in [1.82, 2.24) is 10.2 Å². The van der Waals surface area contributed by atoms with Gasteiger partial charge in [0, 0.05) is 19.6 Å². The summed E-state index contributed by atoms with van der Waals surface area (Å²) in [6.07, 6.45) is -1.13. The zero-order chi connectivity index (χ0) is 22.8. The van der Waals surface area contributed by atoms with Gasteiger partial charge in [-0.3, -0.25) is 4.79 Å². The molecule has 1 saturated heterocycles. The highest BCUT2D eigenvalue weighted by Gasteiger charge is 2.39. The van der Waals surface area contributed by atoms with Crippen LogP contribution in [0, 0.1) is 0 Å². The van der Waals surface area contributed by atoms with Crippen LogP contribution in [-0.2, 0) is 19.1 Å². The van der Waals surface area contributed by atoms with Crippen molar-refractivity contribution in [3.8, 4) is 11.1 Å². The monoisotopic (exact) mass is 438 g/mol. The Hall–Kier alpha value is -3.39. The van der Waals surface area contributed by atoms with E-state index in [-0.39, 0.29) is 12.5 Å². The largest absolute Gasteiger partial charge is 0.480 e. The molecule has 1 aliphatic heterocycles. The number of carbonyl (C=O) groups is 3. The molecule has 2 aromatic carbocycles. The fourth-order valence-electron chi connectivity index (χ4n) is 4.33. The quantitative estimate of drug-likeness (QED) is 0.718. The van der Waals surface area contributed by atoms with Gasteiger partial charge in [-0.2, -0.15) is 0 Å². The van der Waals surface area contributed by atoms with Crippen LogP contribution < -0.4 is 5.32 Å². The lowest BCUT2D eigenvalue weighted by atomic mass is 9.98. The summed E-state index contributed by atoms with van der Waals surface area (Å²) in [5, 5.41) is 11.9. The maximum atomic E-state index is 12.7. The number of benzene rings is 2. The fourth-order valence-corrected chi connectivity index (χ4v) is 4.33. The summed E-state index contributed by atoms with van der Waals surface area (Å²) in [5.74, 6) is -1.66. The highest BCUT2D eigenvalue weighted by molar-refractivity contribution is 5.87. The highest BCUT2D eigenvalue weighted by Crippen LogP contribution is 2.44. The molecule has 168 valence electrons. The first-order chi connectivity index (χ1) is 15.4. The van der Waals surface area contributed by atoms with E-state index in [9.17, 15) is 14.4 Å². The van der Waals surface area contributed by atoms with Gasteiger partial charge >= 0.3 is 12.1 Å². The van der Waals surface area contributed by atoms with Crippen molar-refractivity contribution in [2.75, 3.05) is 20.3 Å². The number of carboxylic acids is 1. The van der Waals surface area contributed by atoms with Gasteiger partial charge in [0.2, 0.25) is 0 Å². The van der Waals surface area contributed by atoms with E-state index in [0.29, 0.717) is 13.0 Å². The van der Waals surface area contributed by atoms with Crippen molar-refractivity contribution in [3.63, 3.8) is 0 Å². The van der Waals surface area contributed by atoms with E-state index in [0.717, 1.165) is 27.2 Å². The van der Waals surface area contributed by atoms with E-state index >= 15 is 0 Å². The number of hydrogen-bond acceptors (Lipinski definition) is 5. The van der Waals surface area contributed by atoms with Gasteiger partial charge in [-0.25, -0.2) is 9.59 Å². The number of aliphatic carboxylic acids is 1. The maximum absolute atomic E-state index is 12.7. The number of nitrogens with zero attached hydrogens (tertiary/aromatic N) is 1. The van der Waals surface area contributed by atoms with Gasteiger partial charge in [-0.05, 0) is 35.6 Å². The molecule has 0 radical (unpaired) electrons. The Morgan fingerprint density at radius 3 is 2.31 bits per heavy atom. The minimum absolute atomic E-state index is 0.0621. The number of hydrogen-bond donors (Lipinski definition) is 2. The smallest absolute Gasteiger partial charge is 0.407 e. The van der Waals surface area contributed by atoms with Crippen molar-refractivity contribution in [1.29, 1.82) is 0 Å². The first-order valence-corrected chi connectivity index (χ1v) is 10.6. The van der Waals surface area contributed by atoms with Gasteiger partial charge in [0.1, 0.15) is 12.6 Å². The molecule has 0 aromatic heterocycles. The van der Waals surface area contributed by atoms with Gasteiger partial charge in [0.15, 0.2) is 6.10 Å². The molecule has 2 N–H and O–H groups in total. The van der Waals surface area contributed by atoms with Crippen molar-refractivity contribution < 1.29 is 29.0 Å². The minimum atomic E-state index is -1.11. The molecule has 1 fully saturated rings. The number of carboxylic acid groups (broad SMARTS) is 1. The standard InChI is InChI=1S/C24H26N2O6/c1-14(23(28)29)26(2)22(27)21-20(11-12-31-21)25-24(30)32-13-19-17-9-5-3-7-15(17)16-8-4-6-10-18(16)19/h3-10,14,19-21H,11-13H2,1-2H3,(H,25,30)(H,28,29)/t14?,20-,21+/m0/s1. The molecule has 8 nitrogen and oxygen atoms in total. The third-order valence-electron chi connectivity index (χ3n) is 6.27. The lowest BCUT2D eigenvalue weighted by Gasteiger charge is -2.27. The molecular weight excluding hydrogens is 412 g/mol. The molecule has 2 amide bonds. The van der Waals surface area contributed by atoms with Crippen molar-refractivity contribution in [3.05, 3.63) is 59.7 Å². The zero-order valence-electron chi connectivity index (χ0n) is 18.0. The molecule has 0 saturated carbocycles. The third-order valence-corrected chi connectivity index (χ3v) is 6.27. The Bertz CT molecular complexity index is 993. The van der Waals surface area contributed by atoms with Gasteiger partial charge < -0.3 is 24.8 Å². The number of rotatable bonds is 6. The van der Waals surface area contributed by atoms with Crippen LogP contribution in [0.3, 0.4) is 0 Å². The van der Waals surface area contributed by atoms with Crippen molar-refractivity contribution in [2.45, 2.75) is 37.5 Å². The van der Waals surface area contributed by atoms with E-state index < -0.39 is 36.2 Å². The number of likely N-dealkylation sites (N-methyl/N-ethyl adjacent to an activating group) is 1. The van der Waals surface area contributed by atoms with Crippen LogP contribution in [0.1, 0.15) is 30.4 Å². The second-order valence-electron chi connectivity index (χ2n) is 8.12. The Morgan fingerprint density at radius 1 is 1.12 bits per heavy atom. The summed E-state index contributed by atoms with van der Waals surface area (Å²) < 4.78 is 11.0. The van der Waals surface area contributed by atoms with Gasteiger partial charge in [0.05, 0.1) is 6.04 Å². The van der Waals surface area contributed by atoms with Crippen LogP contribution in [0.5, 0.6) is 0 Å². The van der Waals surface area contributed by atoms with E-state index in [1.165, 1.54) is 14.0 Å². The molecule has 3 atom stereocenters.